The van der Waals surface area contributed by atoms with Crippen molar-refractivity contribution in [1.29, 1.82) is 0 Å². The smallest absolute Gasteiger partial charge is 0.113 e. The molecule has 10 aromatic carbocycles. The first-order valence-electron chi connectivity index (χ1n) is 20.8. The minimum atomic E-state index is -2.27. The molecule has 0 saturated carbocycles. The van der Waals surface area contributed by atoms with E-state index in [1.165, 1.54) is 92.9 Å². The van der Waals surface area contributed by atoms with Crippen molar-refractivity contribution in [3.05, 3.63) is 235 Å². The molecule has 1 spiro atoms. The largest absolute Gasteiger partial charge is 0.310 e. The van der Waals surface area contributed by atoms with E-state index in [1.54, 1.807) is 0 Å². The summed E-state index contributed by atoms with van der Waals surface area (Å²) in [5.74, 6) is 0. The molecule has 1 aliphatic carbocycles. The summed E-state index contributed by atoms with van der Waals surface area (Å²) in [6.45, 7) is 5.12. The Balaban J connectivity index is 1.12. The van der Waals surface area contributed by atoms with Crippen molar-refractivity contribution in [3.63, 3.8) is 0 Å². The van der Waals surface area contributed by atoms with Crippen LogP contribution in [0.15, 0.2) is 212 Å². The summed E-state index contributed by atoms with van der Waals surface area (Å²) >= 11 is 0. The van der Waals surface area contributed by atoms with Gasteiger partial charge in [-0.05, 0) is 130 Å². The van der Waals surface area contributed by atoms with Crippen molar-refractivity contribution in [2.24, 2.45) is 0 Å². The van der Waals surface area contributed by atoms with Gasteiger partial charge in [-0.2, -0.15) is 0 Å². The number of rotatable bonds is 4. The van der Waals surface area contributed by atoms with Crippen molar-refractivity contribution in [3.8, 4) is 22.3 Å². The van der Waals surface area contributed by atoms with Crippen molar-refractivity contribution in [1.82, 2.24) is 0 Å². The molecule has 1 unspecified atom stereocenters. The maximum Gasteiger partial charge on any atom is 0.113 e. The summed E-state index contributed by atoms with van der Waals surface area (Å²) in [7, 11) is -2.27. The van der Waals surface area contributed by atoms with Crippen LogP contribution in [0.3, 0.4) is 0 Å². The van der Waals surface area contributed by atoms with Gasteiger partial charge in [0, 0.05) is 17.1 Å². The van der Waals surface area contributed by atoms with Gasteiger partial charge in [0.25, 0.3) is 0 Å². The van der Waals surface area contributed by atoms with Crippen molar-refractivity contribution in [2.45, 2.75) is 18.5 Å². The Morgan fingerprint density at radius 1 is 0.339 bits per heavy atom. The molecule has 0 N–H and O–H groups in total. The normalized spacial score (nSPS) is 15.8. The van der Waals surface area contributed by atoms with Crippen LogP contribution in [-0.2, 0) is 5.41 Å². The number of fused-ring (bicyclic) bond motifs is 10. The second kappa shape index (κ2) is 12.7. The lowest BCUT2D eigenvalue weighted by molar-refractivity contribution is 0.754. The van der Waals surface area contributed by atoms with Crippen molar-refractivity contribution < 1.29 is 0 Å². The van der Waals surface area contributed by atoms with Gasteiger partial charge in [-0.1, -0.05) is 183 Å². The molecule has 0 radical (unpaired) electrons. The predicted molar refractivity (Wildman–Crippen MR) is 253 cm³/mol. The molecule has 278 valence electrons. The van der Waals surface area contributed by atoms with Gasteiger partial charge in [0.2, 0.25) is 0 Å². The molecule has 0 bridgehead atoms. The maximum atomic E-state index is 2.57. The molecule has 1 atom stereocenters. The molecule has 10 aromatic rings. The van der Waals surface area contributed by atoms with E-state index in [-0.39, 0.29) is 0 Å². The summed E-state index contributed by atoms with van der Waals surface area (Å²) in [4.78, 5) is 2.49. The Morgan fingerprint density at radius 3 is 1.71 bits per heavy atom. The van der Waals surface area contributed by atoms with E-state index in [4.69, 9.17) is 0 Å². The van der Waals surface area contributed by atoms with E-state index < -0.39 is 13.5 Å². The first kappa shape index (κ1) is 34.1. The van der Waals surface area contributed by atoms with Crippen LogP contribution in [0.2, 0.25) is 13.1 Å². The Morgan fingerprint density at radius 2 is 0.881 bits per heavy atom. The van der Waals surface area contributed by atoms with Gasteiger partial charge >= 0.3 is 0 Å². The zero-order valence-electron chi connectivity index (χ0n) is 33.2. The molecule has 0 aromatic heterocycles. The van der Waals surface area contributed by atoms with Gasteiger partial charge in [-0.25, -0.2) is 0 Å². The minimum absolute atomic E-state index is 0.468. The molecule has 0 saturated heterocycles. The lowest BCUT2D eigenvalue weighted by Gasteiger charge is -2.50. The van der Waals surface area contributed by atoms with Crippen LogP contribution in [0, 0.1) is 0 Å². The molecule has 1 heterocycles. The topological polar surface area (TPSA) is 3.24 Å². The van der Waals surface area contributed by atoms with Gasteiger partial charge in [-0.15, -0.1) is 0 Å². The van der Waals surface area contributed by atoms with E-state index in [0.717, 1.165) is 11.4 Å². The van der Waals surface area contributed by atoms with Crippen LogP contribution in [0.1, 0.15) is 22.3 Å². The number of hydrogen-bond donors (Lipinski definition) is 0. The fourth-order valence-electron chi connectivity index (χ4n) is 10.8. The monoisotopic (exact) mass is 767 g/mol. The predicted octanol–water partition coefficient (Wildman–Crippen LogP) is 13.8. The van der Waals surface area contributed by atoms with Crippen LogP contribution in [-0.4, -0.2) is 8.07 Å². The maximum absolute atomic E-state index is 2.57. The van der Waals surface area contributed by atoms with Gasteiger partial charge < -0.3 is 4.90 Å². The molecule has 0 fully saturated rings. The van der Waals surface area contributed by atoms with E-state index in [9.17, 15) is 0 Å². The zero-order valence-corrected chi connectivity index (χ0v) is 34.2. The lowest BCUT2D eigenvalue weighted by Crippen LogP contribution is -2.63. The second-order valence-electron chi connectivity index (χ2n) is 16.9. The molecule has 1 nitrogen and oxygen atoms in total. The average Bonchev–Trinajstić information content (AvgIpc) is 3.29. The van der Waals surface area contributed by atoms with Crippen LogP contribution >= 0.6 is 0 Å². The fourth-order valence-corrected chi connectivity index (χ4v) is 14.0. The highest BCUT2D eigenvalue weighted by atomic mass is 28.3. The molecular formula is C57H41NSi. The number of hydrogen-bond acceptors (Lipinski definition) is 1. The SMILES string of the molecule is C[Si]1(C)c2ccccc2C2(c3ccccc3-c3cccc4cccc2c34)c2ccc(N(c3ccc4ccccc4c3)c3ccc4cc(-c5ccccc5)ccc4c3)cc21. The molecule has 2 heteroatoms. The lowest BCUT2D eigenvalue weighted by atomic mass is 9.59. The number of nitrogens with zero attached hydrogens (tertiary/aromatic N) is 1. The molecule has 2 aliphatic rings. The molecular weight excluding hydrogens is 727 g/mol. The van der Waals surface area contributed by atoms with Crippen LogP contribution in [0.4, 0.5) is 17.1 Å². The van der Waals surface area contributed by atoms with E-state index in [0.29, 0.717) is 0 Å². The summed E-state index contributed by atoms with van der Waals surface area (Å²) in [5, 5.41) is 10.6. The molecule has 1 aliphatic heterocycles. The van der Waals surface area contributed by atoms with Crippen molar-refractivity contribution in [2.75, 3.05) is 4.90 Å². The van der Waals surface area contributed by atoms with Gasteiger partial charge in [0.1, 0.15) is 8.07 Å². The summed E-state index contributed by atoms with van der Waals surface area (Å²) in [6, 6.07) is 80.0. The summed E-state index contributed by atoms with van der Waals surface area (Å²) in [6.07, 6.45) is 0. The van der Waals surface area contributed by atoms with Gasteiger partial charge in [0.05, 0.1) is 5.41 Å². The molecule has 0 amide bonds. The van der Waals surface area contributed by atoms with E-state index in [1.807, 2.05) is 0 Å². The third kappa shape index (κ3) is 4.90. The quantitative estimate of drug-likeness (QED) is 0.161. The highest BCUT2D eigenvalue weighted by Gasteiger charge is 2.52. The van der Waals surface area contributed by atoms with Crippen molar-refractivity contribution >= 4 is 67.8 Å². The Kier molecular flexibility index (Phi) is 7.36. The number of benzene rings is 10. The van der Waals surface area contributed by atoms with Crippen LogP contribution < -0.4 is 15.3 Å². The zero-order chi connectivity index (χ0) is 39.3. The van der Waals surface area contributed by atoms with Crippen LogP contribution in [0.5, 0.6) is 0 Å². The van der Waals surface area contributed by atoms with Gasteiger partial charge in [0.15, 0.2) is 0 Å². The first-order valence-corrected chi connectivity index (χ1v) is 23.8. The Hall–Kier alpha value is -7.00. The third-order valence-corrected chi connectivity index (χ3v) is 17.0. The first-order chi connectivity index (χ1) is 29.0. The number of anilines is 3. The third-order valence-electron chi connectivity index (χ3n) is 13.5. The molecule has 59 heavy (non-hydrogen) atoms. The Labute approximate surface area is 346 Å². The van der Waals surface area contributed by atoms with Gasteiger partial charge in [-0.3, -0.25) is 0 Å². The fraction of sp³-hybridized carbons (Fsp3) is 0.0526. The van der Waals surface area contributed by atoms with E-state index >= 15 is 0 Å². The average molecular weight is 768 g/mol. The standard InChI is InChI=1S/C57H41NSi/c1-59(2)54-25-11-10-23-51(54)57(50-22-9-8-20-48(50)49-21-12-18-40-19-13-24-53(57)56(40)49)52-33-32-47(37-55(52)59)58(45-30-28-39-16-6-7-17-41(39)35-45)46-31-29-43-34-42(26-27-44(43)36-46)38-14-4-3-5-15-38/h3-37H,1-2H3. The second-order valence-corrected chi connectivity index (χ2v) is 21.2. The minimum Gasteiger partial charge on any atom is -0.310 e. The highest BCUT2D eigenvalue weighted by Crippen LogP contribution is 2.56. The van der Waals surface area contributed by atoms with Crippen LogP contribution in [0.25, 0.3) is 54.6 Å². The van der Waals surface area contributed by atoms with E-state index in [2.05, 4.69) is 230 Å². The summed E-state index contributed by atoms with van der Waals surface area (Å²) in [5.41, 5.74) is 13.7. The summed E-state index contributed by atoms with van der Waals surface area (Å²) < 4.78 is 0. The highest BCUT2D eigenvalue weighted by molar-refractivity contribution is 7.01. The Bertz CT molecular complexity index is 3320. The molecule has 12 rings (SSSR count).